The summed E-state index contributed by atoms with van der Waals surface area (Å²) < 4.78 is 37.2. The predicted molar refractivity (Wildman–Crippen MR) is 131 cm³/mol. The minimum Gasteiger partial charge on any atom is -0.463 e. The van der Waals surface area contributed by atoms with Crippen molar-refractivity contribution in [1.82, 2.24) is 0 Å². The second kappa shape index (κ2) is 12.5. The molecular formula is C27H28O11. The molecule has 2 heterocycles. The molecule has 11 heteroatoms. The van der Waals surface area contributed by atoms with Crippen molar-refractivity contribution >= 4 is 34.8 Å². The van der Waals surface area contributed by atoms with Crippen molar-refractivity contribution < 1.29 is 52.3 Å². The Morgan fingerprint density at radius 2 is 1.53 bits per heavy atom. The van der Waals surface area contributed by atoms with E-state index in [1.54, 1.807) is 36.4 Å². The van der Waals surface area contributed by atoms with Gasteiger partial charge in [-0.15, -0.1) is 0 Å². The van der Waals surface area contributed by atoms with E-state index in [2.05, 4.69) is 6.58 Å². The Morgan fingerprint density at radius 1 is 0.895 bits per heavy atom. The summed E-state index contributed by atoms with van der Waals surface area (Å²) in [7, 11) is 0. The van der Waals surface area contributed by atoms with Gasteiger partial charge in [-0.05, 0) is 47.9 Å². The number of carbonyl (C=O) groups is 4. The Hall–Kier alpha value is -3.96. The summed E-state index contributed by atoms with van der Waals surface area (Å²) in [6.45, 7) is 5.28. The van der Waals surface area contributed by atoms with Gasteiger partial charge >= 0.3 is 24.1 Å². The first-order valence-corrected chi connectivity index (χ1v) is 12.1. The van der Waals surface area contributed by atoms with Crippen LogP contribution in [0, 0.1) is 0 Å². The van der Waals surface area contributed by atoms with Gasteiger partial charge in [-0.3, -0.25) is 4.79 Å². The van der Waals surface area contributed by atoms with Crippen molar-refractivity contribution in [1.29, 1.82) is 0 Å². The molecule has 202 valence electrons. The molecule has 0 amide bonds. The summed E-state index contributed by atoms with van der Waals surface area (Å²) in [4.78, 5) is 46.9. The summed E-state index contributed by atoms with van der Waals surface area (Å²) in [6, 6.07) is 9.94. The topological polar surface area (TPSA) is 133 Å². The predicted octanol–water partition coefficient (Wildman–Crippen LogP) is 3.12. The van der Waals surface area contributed by atoms with Crippen molar-refractivity contribution in [3.8, 4) is 5.75 Å². The number of fused-ring (bicyclic) bond motifs is 2. The van der Waals surface area contributed by atoms with E-state index < -0.39 is 48.5 Å². The molecule has 2 aliphatic heterocycles. The largest absolute Gasteiger partial charge is 0.513 e. The van der Waals surface area contributed by atoms with Gasteiger partial charge < -0.3 is 33.2 Å². The molecule has 0 spiro atoms. The molecule has 2 fully saturated rings. The van der Waals surface area contributed by atoms with Crippen molar-refractivity contribution in [3.05, 3.63) is 54.6 Å². The maximum Gasteiger partial charge on any atom is 0.513 e. The Morgan fingerprint density at radius 3 is 2.21 bits per heavy atom. The van der Waals surface area contributed by atoms with Crippen LogP contribution in [-0.2, 0) is 38.0 Å². The van der Waals surface area contributed by atoms with Gasteiger partial charge in [-0.25, -0.2) is 14.4 Å². The van der Waals surface area contributed by atoms with Crippen molar-refractivity contribution in [2.24, 2.45) is 0 Å². The number of hydrogen-bond acceptors (Lipinski definition) is 11. The van der Waals surface area contributed by atoms with Crippen LogP contribution in [0.1, 0.15) is 30.1 Å². The fraction of sp³-hybridized carbons (Fsp3) is 0.407. The highest BCUT2D eigenvalue weighted by Crippen LogP contribution is 2.31. The molecule has 38 heavy (non-hydrogen) atoms. The highest BCUT2D eigenvalue weighted by Gasteiger charge is 2.51. The van der Waals surface area contributed by atoms with Crippen molar-refractivity contribution in [2.45, 2.75) is 44.2 Å². The minimum atomic E-state index is -0.852. The Labute approximate surface area is 218 Å². The van der Waals surface area contributed by atoms with Gasteiger partial charge in [0.1, 0.15) is 18.0 Å². The van der Waals surface area contributed by atoms with Gasteiger partial charge in [0.15, 0.2) is 12.2 Å². The lowest BCUT2D eigenvalue weighted by Gasteiger charge is -2.17. The molecule has 0 aromatic heterocycles. The first-order chi connectivity index (χ1) is 18.3. The maximum atomic E-state index is 12.8. The standard InChI is InChI=1S/C27H28O11/c1-3-23(29)32-10-4-5-11-33-27(31)37-20-9-8-17-12-19(7-6-18(17)13-20)26(30)38-22-15-35-24-21(36-16(2)28)14-34-25(22)24/h3,6-9,12-13,21-22,24-25H,1,4-5,10-11,14-15H2,2H3/t21-,22-,24?,25?/m1/s1. The number of carbonyl (C=O) groups excluding carboxylic acids is 4. The molecule has 2 saturated heterocycles. The molecule has 0 saturated carbocycles. The van der Waals surface area contributed by atoms with Crippen LogP contribution in [0.4, 0.5) is 4.79 Å². The molecule has 0 bridgehead atoms. The summed E-state index contributed by atoms with van der Waals surface area (Å²) in [5.41, 5.74) is 0.335. The number of benzene rings is 2. The fourth-order valence-corrected chi connectivity index (χ4v) is 4.18. The lowest BCUT2D eigenvalue weighted by atomic mass is 10.1. The van der Waals surface area contributed by atoms with E-state index in [1.165, 1.54) is 6.92 Å². The quantitative estimate of drug-likeness (QED) is 0.148. The van der Waals surface area contributed by atoms with Crippen LogP contribution >= 0.6 is 0 Å². The molecule has 2 unspecified atom stereocenters. The first kappa shape index (κ1) is 27.1. The average molecular weight is 529 g/mol. The van der Waals surface area contributed by atoms with Crippen LogP contribution in [0.2, 0.25) is 0 Å². The summed E-state index contributed by atoms with van der Waals surface area (Å²) in [5, 5.41) is 1.48. The zero-order valence-electron chi connectivity index (χ0n) is 20.8. The number of hydrogen-bond donors (Lipinski definition) is 0. The van der Waals surface area contributed by atoms with Crippen LogP contribution in [0.25, 0.3) is 10.8 Å². The highest BCUT2D eigenvalue weighted by molar-refractivity contribution is 5.96. The van der Waals surface area contributed by atoms with Gasteiger partial charge in [0, 0.05) is 13.0 Å². The molecule has 11 nitrogen and oxygen atoms in total. The van der Waals surface area contributed by atoms with E-state index in [0.717, 1.165) is 16.8 Å². The first-order valence-electron chi connectivity index (χ1n) is 12.1. The molecule has 0 radical (unpaired) electrons. The minimum absolute atomic E-state index is 0.118. The average Bonchev–Trinajstić information content (AvgIpc) is 3.48. The van der Waals surface area contributed by atoms with Crippen LogP contribution < -0.4 is 4.74 Å². The summed E-state index contributed by atoms with van der Waals surface area (Å²) >= 11 is 0. The molecule has 2 aromatic carbocycles. The molecular weight excluding hydrogens is 500 g/mol. The zero-order valence-corrected chi connectivity index (χ0v) is 20.8. The second-order valence-electron chi connectivity index (χ2n) is 8.69. The van der Waals surface area contributed by atoms with Crippen LogP contribution in [0.5, 0.6) is 5.75 Å². The summed E-state index contributed by atoms with van der Waals surface area (Å²) in [6.07, 6.45) is -0.849. The van der Waals surface area contributed by atoms with Crippen LogP contribution in [0.15, 0.2) is 49.1 Å². The molecule has 0 aliphatic carbocycles. The van der Waals surface area contributed by atoms with Crippen molar-refractivity contribution in [3.63, 3.8) is 0 Å². The van der Waals surface area contributed by atoms with Gasteiger partial charge in [0.05, 0.1) is 32.0 Å². The molecule has 0 N–H and O–H groups in total. The normalized spacial score (nSPS) is 21.8. The number of ether oxygens (including phenoxy) is 7. The number of unbranched alkanes of at least 4 members (excludes halogenated alkanes) is 1. The van der Waals surface area contributed by atoms with Crippen LogP contribution in [0.3, 0.4) is 0 Å². The van der Waals surface area contributed by atoms with E-state index >= 15 is 0 Å². The van der Waals surface area contributed by atoms with Gasteiger partial charge in [0.2, 0.25) is 0 Å². The van der Waals surface area contributed by atoms with Gasteiger partial charge in [-0.1, -0.05) is 18.7 Å². The Bertz CT molecular complexity index is 1210. The van der Waals surface area contributed by atoms with E-state index in [-0.39, 0.29) is 32.2 Å². The lowest BCUT2D eigenvalue weighted by molar-refractivity contribution is -0.151. The zero-order chi connectivity index (χ0) is 27.1. The Kier molecular flexibility index (Phi) is 8.93. The highest BCUT2D eigenvalue weighted by atomic mass is 16.7. The number of esters is 3. The molecule has 2 aliphatic rings. The third kappa shape index (κ3) is 6.87. The molecule has 4 atom stereocenters. The van der Waals surface area contributed by atoms with Crippen molar-refractivity contribution in [2.75, 3.05) is 26.4 Å². The molecule has 2 aromatic rings. The van der Waals surface area contributed by atoms with E-state index in [9.17, 15) is 19.2 Å². The number of rotatable bonds is 10. The second-order valence-corrected chi connectivity index (χ2v) is 8.69. The lowest BCUT2D eigenvalue weighted by Crippen LogP contribution is -2.35. The fourth-order valence-electron chi connectivity index (χ4n) is 4.18. The van der Waals surface area contributed by atoms with Crippen LogP contribution in [-0.4, -0.2) is 74.9 Å². The monoisotopic (exact) mass is 528 g/mol. The maximum absolute atomic E-state index is 12.8. The van der Waals surface area contributed by atoms with Gasteiger partial charge in [-0.2, -0.15) is 0 Å². The SMILES string of the molecule is C=CC(=O)OCCCCOC(=O)Oc1ccc2cc(C(=O)O[C@@H]3COC4C3OC[C@H]4OC(C)=O)ccc2c1. The third-order valence-electron chi connectivity index (χ3n) is 5.96. The van der Waals surface area contributed by atoms with E-state index in [1.807, 2.05) is 0 Å². The smallest absolute Gasteiger partial charge is 0.463 e. The van der Waals surface area contributed by atoms with E-state index in [0.29, 0.717) is 18.4 Å². The summed E-state index contributed by atoms with van der Waals surface area (Å²) in [5.74, 6) is -1.18. The van der Waals surface area contributed by atoms with E-state index in [4.69, 9.17) is 33.2 Å². The molecule has 4 rings (SSSR count). The van der Waals surface area contributed by atoms with Gasteiger partial charge in [0.25, 0.3) is 0 Å². The Balaban J connectivity index is 1.26. The third-order valence-corrected chi connectivity index (χ3v) is 5.96.